The number of carbonyl (C=O) groups is 1. The molecule has 0 aromatic heterocycles. The molecule has 0 amide bonds. The van der Waals surface area contributed by atoms with Gasteiger partial charge in [0.25, 0.3) is 0 Å². The molecule has 0 aromatic rings. The summed E-state index contributed by atoms with van der Waals surface area (Å²) in [7, 11) is -1.54. The molecule has 0 heterocycles. The van der Waals surface area contributed by atoms with Gasteiger partial charge in [0, 0.05) is 18.8 Å². The Morgan fingerprint density at radius 2 is 1.56 bits per heavy atom. The van der Waals surface area contributed by atoms with Crippen LogP contribution in [0.1, 0.15) is 20.8 Å². The number of hydrogen-bond acceptors (Lipinski definition) is 4. The Kier molecular flexibility index (Phi) is 4.97. The third-order valence-electron chi connectivity index (χ3n) is 3.30. The van der Waals surface area contributed by atoms with E-state index in [9.17, 15) is 4.79 Å². The van der Waals surface area contributed by atoms with Gasteiger partial charge in [-0.2, -0.15) is 0 Å². The van der Waals surface area contributed by atoms with Crippen LogP contribution in [0.5, 0.6) is 0 Å². The zero-order chi connectivity index (χ0) is 14.0. The third kappa shape index (κ3) is 2.78. The molecule has 0 spiro atoms. The van der Waals surface area contributed by atoms with Gasteiger partial charge in [0.05, 0.1) is 14.7 Å². The van der Waals surface area contributed by atoms with E-state index < -0.39 is 13.9 Å². The van der Waals surface area contributed by atoms with Crippen LogP contribution in [0, 0.1) is 5.92 Å². The van der Waals surface area contributed by atoms with E-state index in [2.05, 4.69) is 19.6 Å². The highest BCUT2D eigenvalue weighted by atomic mass is 28.3. The van der Waals surface area contributed by atoms with Crippen molar-refractivity contribution in [3.63, 3.8) is 0 Å². The minimum absolute atomic E-state index is 0.174. The molecule has 0 saturated heterocycles. The maximum absolute atomic E-state index is 12.1. The Balaban J connectivity index is 2.94. The van der Waals surface area contributed by atoms with Gasteiger partial charge in [0.1, 0.15) is 5.92 Å². The van der Waals surface area contributed by atoms with Crippen molar-refractivity contribution in [2.75, 3.05) is 19.8 Å². The van der Waals surface area contributed by atoms with Crippen LogP contribution in [0.25, 0.3) is 0 Å². The Hall–Kier alpha value is -0.393. The van der Waals surface area contributed by atoms with E-state index in [-0.39, 0.29) is 17.4 Å². The number of esters is 1. The Labute approximate surface area is 111 Å². The topological polar surface area (TPSA) is 44.8 Å². The van der Waals surface area contributed by atoms with Crippen molar-refractivity contribution in [2.24, 2.45) is 5.92 Å². The molecule has 1 fully saturated rings. The molecule has 5 heteroatoms. The molecule has 0 N–H and O–H groups in total. The van der Waals surface area contributed by atoms with Crippen LogP contribution in [0.2, 0.25) is 25.2 Å². The molecule has 1 aliphatic rings. The molecule has 106 valence electrons. The predicted molar refractivity (Wildman–Crippen MR) is 73.2 cm³/mol. The lowest BCUT2D eigenvalue weighted by Gasteiger charge is -2.22. The van der Waals surface area contributed by atoms with Crippen LogP contribution in [0.4, 0.5) is 0 Å². The summed E-state index contributed by atoms with van der Waals surface area (Å²) in [5.74, 6) is -1.14. The van der Waals surface area contributed by atoms with Crippen LogP contribution >= 0.6 is 0 Å². The molecule has 0 unspecified atom stereocenters. The van der Waals surface area contributed by atoms with Crippen molar-refractivity contribution < 1.29 is 19.0 Å². The molecule has 1 aliphatic carbocycles. The molecule has 0 bridgehead atoms. The lowest BCUT2D eigenvalue weighted by Crippen LogP contribution is -2.31. The van der Waals surface area contributed by atoms with Crippen molar-refractivity contribution in [1.29, 1.82) is 0 Å². The van der Waals surface area contributed by atoms with Gasteiger partial charge in [0.15, 0.2) is 5.79 Å². The van der Waals surface area contributed by atoms with Crippen molar-refractivity contribution in [1.82, 2.24) is 0 Å². The summed E-state index contributed by atoms with van der Waals surface area (Å²) in [6.45, 7) is 13.9. The number of carbonyl (C=O) groups excluding carboxylic acids is 1. The van der Waals surface area contributed by atoms with Crippen molar-refractivity contribution in [3.8, 4) is 0 Å². The fourth-order valence-corrected chi connectivity index (χ4v) is 5.66. The van der Waals surface area contributed by atoms with E-state index in [1.807, 2.05) is 20.8 Å². The van der Waals surface area contributed by atoms with Gasteiger partial charge in [0.2, 0.25) is 0 Å². The molecular formula is C13H26O4Si. The number of rotatable bonds is 7. The van der Waals surface area contributed by atoms with E-state index in [4.69, 9.17) is 14.2 Å². The van der Waals surface area contributed by atoms with E-state index in [0.717, 1.165) is 0 Å². The first kappa shape index (κ1) is 15.7. The third-order valence-corrected chi connectivity index (χ3v) is 5.91. The highest BCUT2D eigenvalue weighted by Gasteiger charge is 2.75. The maximum atomic E-state index is 12.1. The Morgan fingerprint density at radius 1 is 1.06 bits per heavy atom. The largest absolute Gasteiger partial charge is 0.466 e. The highest BCUT2D eigenvalue weighted by molar-refractivity contribution is 6.79. The van der Waals surface area contributed by atoms with Crippen molar-refractivity contribution in [3.05, 3.63) is 0 Å². The molecule has 0 radical (unpaired) electrons. The fraction of sp³-hybridized carbons (Fsp3) is 0.923. The van der Waals surface area contributed by atoms with E-state index in [1.165, 1.54) is 0 Å². The van der Waals surface area contributed by atoms with Crippen LogP contribution in [-0.2, 0) is 19.0 Å². The molecule has 18 heavy (non-hydrogen) atoms. The smallest absolute Gasteiger partial charge is 0.314 e. The monoisotopic (exact) mass is 274 g/mol. The second-order valence-electron chi connectivity index (χ2n) is 5.66. The molecule has 1 rings (SSSR count). The van der Waals surface area contributed by atoms with Gasteiger partial charge in [-0.15, -0.1) is 0 Å². The van der Waals surface area contributed by atoms with Gasteiger partial charge in [-0.1, -0.05) is 19.6 Å². The quantitative estimate of drug-likeness (QED) is 0.407. The summed E-state index contributed by atoms with van der Waals surface area (Å²) < 4.78 is 16.8. The Bertz CT molecular complexity index is 292. The number of hydrogen-bond donors (Lipinski definition) is 0. The summed E-state index contributed by atoms with van der Waals surface area (Å²) >= 11 is 0. The standard InChI is InChI=1S/C13H26O4Si/c1-7-15-12(14)10-11(18(4,5)6)13(10,16-8-2)17-9-3/h10-11H,7-9H2,1-6H3/t10-,11+/m0/s1. The van der Waals surface area contributed by atoms with E-state index in [0.29, 0.717) is 19.8 Å². The van der Waals surface area contributed by atoms with Gasteiger partial charge in [-0.3, -0.25) is 4.79 Å². The van der Waals surface area contributed by atoms with Crippen molar-refractivity contribution >= 4 is 14.0 Å². The Morgan fingerprint density at radius 3 is 1.89 bits per heavy atom. The highest BCUT2D eigenvalue weighted by Crippen LogP contribution is 2.64. The van der Waals surface area contributed by atoms with Gasteiger partial charge in [-0.25, -0.2) is 0 Å². The fourth-order valence-electron chi connectivity index (χ4n) is 2.83. The molecule has 2 atom stereocenters. The van der Waals surface area contributed by atoms with Crippen molar-refractivity contribution in [2.45, 2.75) is 51.7 Å². The summed E-state index contributed by atoms with van der Waals surface area (Å²) in [5.41, 5.74) is 0.184. The minimum atomic E-state index is -1.54. The molecule has 1 saturated carbocycles. The molecule has 0 aliphatic heterocycles. The number of ether oxygens (including phenoxy) is 3. The van der Waals surface area contributed by atoms with E-state index >= 15 is 0 Å². The van der Waals surface area contributed by atoms with Gasteiger partial charge >= 0.3 is 5.97 Å². The molecule has 4 nitrogen and oxygen atoms in total. The molecular weight excluding hydrogens is 248 g/mol. The zero-order valence-corrected chi connectivity index (χ0v) is 13.4. The SMILES string of the molecule is CCOC(=O)[C@@H]1[C@@H]([Si](C)(C)C)C1(OCC)OCC. The second-order valence-corrected chi connectivity index (χ2v) is 11.0. The normalized spacial score (nSPS) is 25.9. The van der Waals surface area contributed by atoms with Crippen LogP contribution in [-0.4, -0.2) is 39.7 Å². The van der Waals surface area contributed by atoms with Crippen LogP contribution in [0.3, 0.4) is 0 Å². The van der Waals surface area contributed by atoms with Gasteiger partial charge in [-0.05, 0) is 20.8 Å². The molecule has 0 aromatic carbocycles. The first-order valence-corrected chi connectivity index (χ1v) is 10.4. The second kappa shape index (κ2) is 5.71. The van der Waals surface area contributed by atoms with Gasteiger partial charge < -0.3 is 14.2 Å². The lowest BCUT2D eigenvalue weighted by atomic mass is 10.4. The van der Waals surface area contributed by atoms with Crippen LogP contribution in [0.15, 0.2) is 0 Å². The zero-order valence-electron chi connectivity index (χ0n) is 12.4. The minimum Gasteiger partial charge on any atom is -0.466 e. The summed E-state index contributed by atoms with van der Waals surface area (Å²) in [6.07, 6.45) is 0. The predicted octanol–water partition coefficient (Wildman–Crippen LogP) is 2.66. The maximum Gasteiger partial charge on any atom is 0.314 e. The summed E-state index contributed by atoms with van der Waals surface area (Å²) in [4.78, 5) is 12.1. The first-order valence-electron chi connectivity index (χ1n) is 6.79. The van der Waals surface area contributed by atoms with E-state index in [1.54, 1.807) is 0 Å². The lowest BCUT2D eigenvalue weighted by molar-refractivity contribution is -0.182. The summed E-state index contributed by atoms with van der Waals surface area (Å²) in [6, 6.07) is 0. The average Bonchev–Trinajstić information content (AvgIpc) is 2.88. The van der Waals surface area contributed by atoms with Crippen LogP contribution < -0.4 is 0 Å². The first-order chi connectivity index (χ1) is 8.35. The summed E-state index contributed by atoms with van der Waals surface area (Å²) in [5, 5.41) is 0. The average molecular weight is 274 g/mol.